The van der Waals surface area contributed by atoms with Crippen LogP contribution in [-0.2, 0) is 18.4 Å². The molecule has 0 N–H and O–H groups in total. The fourth-order valence-corrected chi connectivity index (χ4v) is 3.31. The van der Waals surface area contributed by atoms with E-state index in [2.05, 4.69) is 0 Å². The lowest BCUT2D eigenvalue weighted by atomic mass is 10.1. The maximum atomic E-state index is 12.5. The summed E-state index contributed by atoms with van der Waals surface area (Å²) in [4.78, 5) is 23.4. The van der Waals surface area contributed by atoms with Crippen molar-refractivity contribution in [2.45, 2.75) is 19.5 Å². The number of aldehydes is 1. The number of rotatable bonds is 8. The summed E-state index contributed by atoms with van der Waals surface area (Å²) in [6.07, 6.45) is 0.335. The molecule has 0 saturated carbocycles. The van der Waals surface area contributed by atoms with Crippen LogP contribution in [-0.4, -0.2) is 30.9 Å². The third-order valence-corrected chi connectivity index (χ3v) is 4.69. The molecule has 1 aromatic carbocycles. The van der Waals surface area contributed by atoms with Crippen LogP contribution in [0.5, 0.6) is 0 Å². The Morgan fingerprint density at radius 2 is 1.74 bits per heavy atom. The van der Waals surface area contributed by atoms with E-state index in [0.717, 1.165) is 0 Å². The van der Waals surface area contributed by atoms with E-state index in [1.807, 2.05) is 0 Å². The molecule has 6 heteroatoms. The average molecular weight is 284 g/mol. The zero-order valence-electron chi connectivity index (χ0n) is 10.9. The van der Waals surface area contributed by atoms with Crippen molar-refractivity contribution in [2.75, 3.05) is 13.2 Å². The smallest absolute Gasteiger partial charge is 0.308 e. The highest BCUT2D eigenvalue weighted by Gasteiger charge is 2.41. The predicted octanol–water partition coefficient (Wildman–Crippen LogP) is 2.70. The molecule has 0 spiro atoms. The Kier molecular flexibility index (Phi) is 6.09. The largest absolute Gasteiger partial charge is 0.348 e. The van der Waals surface area contributed by atoms with E-state index in [4.69, 9.17) is 9.05 Å². The molecule has 0 heterocycles. The fraction of sp³-hybridized carbons (Fsp3) is 0.385. The quantitative estimate of drug-likeness (QED) is 0.318. The lowest BCUT2D eigenvalue weighted by Crippen LogP contribution is -2.25. The minimum atomic E-state index is -3.77. The van der Waals surface area contributed by atoms with Crippen LogP contribution in [0.1, 0.15) is 24.2 Å². The minimum Gasteiger partial charge on any atom is -0.308 e. The summed E-state index contributed by atoms with van der Waals surface area (Å²) >= 11 is 0. The van der Waals surface area contributed by atoms with Crippen molar-refractivity contribution in [3.63, 3.8) is 0 Å². The molecule has 1 aromatic rings. The Balaban J connectivity index is 3.07. The van der Waals surface area contributed by atoms with Gasteiger partial charge in [0.15, 0.2) is 11.4 Å². The topological polar surface area (TPSA) is 69.7 Å². The number of benzene rings is 1. The molecule has 0 aliphatic carbocycles. The van der Waals surface area contributed by atoms with Gasteiger partial charge in [0.25, 0.3) is 0 Å². The fourth-order valence-electron chi connectivity index (χ4n) is 1.61. The van der Waals surface area contributed by atoms with Gasteiger partial charge >= 0.3 is 7.60 Å². The highest BCUT2D eigenvalue weighted by atomic mass is 31.2. The van der Waals surface area contributed by atoms with E-state index < -0.39 is 19.0 Å². The second-order valence-corrected chi connectivity index (χ2v) is 5.84. The average Bonchev–Trinajstić information content (AvgIpc) is 2.40. The second kappa shape index (κ2) is 7.34. The van der Waals surface area contributed by atoms with E-state index in [1.54, 1.807) is 44.2 Å². The molecule has 1 unspecified atom stereocenters. The number of ketones is 1. The Bertz CT molecular complexity index is 461. The van der Waals surface area contributed by atoms with Crippen LogP contribution >= 0.6 is 7.60 Å². The third kappa shape index (κ3) is 3.83. The molecule has 0 aliphatic rings. The zero-order valence-corrected chi connectivity index (χ0v) is 11.8. The van der Waals surface area contributed by atoms with Gasteiger partial charge in [0.2, 0.25) is 0 Å². The Morgan fingerprint density at radius 3 is 2.16 bits per heavy atom. The summed E-state index contributed by atoms with van der Waals surface area (Å²) in [6.45, 7) is 3.45. The van der Waals surface area contributed by atoms with Crippen LogP contribution in [0.3, 0.4) is 0 Å². The van der Waals surface area contributed by atoms with Crippen molar-refractivity contribution < 1.29 is 23.2 Å². The molecule has 0 aliphatic heterocycles. The molecule has 0 aromatic heterocycles. The van der Waals surface area contributed by atoms with Crippen LogP contribution in [0.25, 0.3) is 0 Å². The first-order chi connectivity index (χ1) is 9.09. The Morgan fingerprint density at radius 1 is 1.21 bits per heavy atom. The first-order valence-corrected chi connectivity index (χ1v) is 7.63. The van der Waals surface area contributed by atoms with Crippen LogP contribution < -0.4 is 0 Å². The normalized spacial score (nSPS) is 12.9. The van der Waals surface area contributed by atoms with Gasteiger partial charge in [-0.3, -0.25) is 9.36 Å². The number of Topliss-reactive ketones (excluding diaryl/α,β-unsaturated/α-hetero) is 1. The zero-order chi connectivity index (χ0) is 14.3. The van der Waals surface area contributed by atoms with Gasteiger partial charge in [-0.15, -0.1) is 0 Å². The molecule has 0 radical (unpaired) electrons. The molecule has 1 atom stereocenters. The second-order valence-electron chi connectivity index (χ2n) is 3.69. The lowest BCUT2D eigenvalue weighted by molar-refractivity contribution is -0.107. The van der Waals surface area contributed by atoms with E-state index >= 15 is 0 Å². The summed E-state index contributed by atoms with van der Waals surface area (Å²) in [5, 5.41) is 0. The first kappa shape index (κ1) is 15.8. The Labute approximate surface area is 112 Å². The van der Waals surface area contributed by atoms with Gasteiger partial charge in [0.05, 0.1) is 13.2 Å². The molecular weight excluding hydrogens is 267 g/mol. The van der Waals surface area contributed by atoms with Crippen molar-refractivity contribution in [1.29, 1.82) is 0 Å². The van der Waals surface area contributed by atoms with Gasteiger partial charge in [0.1, 0.15) is 6.29 Å². The van der Waals surface area contributed by atoms with Crippen molar-refractivity contribution >= 4 is 19.7 Å². The van der Waals surface area contributed by atoms with E-state index in [0.29, 0.717) is 11.8 Å². The first-order valence-electron chi connectivity index (χ1n) is 6.02. The van der Waals surface area contributed by atoms with Crippen molar-refractivity contribution in [2.24, 2.45) is 0 Å². The van der Waals surface area contributed by atoms with Crippen molar-refractivity contribution in [1.82, 2.24) is 0 Å². The summed E-state index contributed by atoms with van der Waals surface area (Å²) in [5.74, 6) is -0.555. The third-order valence-electron chi connectivity index (χ3n) is 2.41. The maximum absolute atomic E-state index is 12.5. The van der Waals surface area contributed by atoms with Gasteiger partial charge in [0, 0.05) is 5.56 Å². The van der Waals surface area contributed by atoms with E-state index in [-0.39, 0.29) is 13.2 Å². The van der Waals surface area contributed by atoms with E-state index in [9.17, 15) is 14.2 Å². The SMILES string of the molecule is CCOP(=O)(OCC)C(C=O)C(=O)c1ccccc1. The molecule has 1 rings (SSSR count). The molecule has 0 bridgehead atoms. The van der Waals surface area contributed by atoms with Gasteiger partial charge in [-0.2, -0.15) is 0 Å². The molecule has 0 saturated heterocycles. The van der Waals surface area contributed by atoms with Gasteiger partial charge in [-0.25, -0.2) is 0 Å². The summed E-state index contributed by atoms with van der Waals surface area (Å²) in [6, 6.07) is 8.20. The summed E-state index contributed by atoms with van der Waals surface area (Å²) in [5.41, 5.74) is -1.12. The number of carbonyl (C=O) groups excluding carboxylic acids is 2. The minimum absolute atomic E-state index is 0.101. The van der Waals surface area contributed by atoms with Crippen molar-refractivity contribution in [3.05, 3.63) is 35.9 Å². The lowest BCUT2D eigenvalue weighted by Gasteiger charge is -2.21. The maximum Gasteiger partial charge on any atom is 0.348 e. The molecular formula is C13H17O5P. The van der Waals surface area contributed by atoms with Gasteiger partial charge < -0.3 is 13.8 Å². The summed E-state index contributed by atoms with van der Waals surface area (Å²) < 4.78 is 22.6. The van der Waals surface area contributed by atoms with Crippen LogP contribution in [0.4, 0.5) is 0 Å². The van der Waals surface area contributed by atoms with Crippen LogP contribution in [0.2, 0.25) is 0 Å². The van der Waals surface area contributed by atoms with Gasteiger partial charge in [-0.1, -0.05) is 30.3 Å². The monoisotopic (exact) mass is 284 g/mol. The number of carbonyl (C=O) groups is 2. The number of hydrogen-bond donors (Lipinski definition) is 0. The summed E-state index contributed by atoms with van der Waals surface area (Å²) in [7, 11) is -3.77. The van der Waals surface area contributed by atoms with Crippen LogP contribution in [0, 0.1) is 0 Å². The highest BCUT2D eigenvalue weighted by Crippen LogP contribution is 2.53. The molecule has 0 fully saturated rings. The molecule has 5 nitrogen and oxygen atoms in total. The molecule has 0 amide bonds. The Hall–Kier alpha value is -1.29. The predicted molar refractivity (Wildman–Crippen MR) is 71.5 cm³/mol. The highest BCUT2D eigenvalue weighted by molar-refractivity contribution is 7.56. The van der Waals surface area contributed by atoms with E-state index in [1.165, 1.54) is 0 Å². The molecule has 19 heavy (non-hydrogen) atoms. The van der Waals surface area contributed by atoms with Crippen LogP contribution in [0.15, 0.2) is 30.3 Å². The van der Waals surface area contributed by atoms with Crippen molar-refractivity contribution in [3.8, 4) is 0 Å². The molecule has 104 valence electrons. The standard InChI is InChI=1S/C13H17O5P/c1-3-17-19(16,18-4-2)12(10-14)13(15)11-8-6-5-7-9-11/h5-10,12H,3-4H2,1-2H3. The van der Waals surface area contributed by atoms with Gasteiger partial charge in [-0.05, 0) is 13.8 Å². The number of hydrogen-bond acceptors (Lipinski definition) is 5.